The molecule has 6 rings (SSSR count). The molecule has 0 aliphatic carbocycles. The average Bonchev–Trinajstić information content (AvgIpc) is 2.85. The summed E-state index contributed by atoms with van der Waals surface area (Å²) in [5.41, 5.74) is 3.84. The Kier molecular flexibility index (Phi) is 6.18. The molecule has 6 aromatic rings. The van der Waals surface area contributed by atoms with Crippen LogP contribution in [-0.4, -0.2) is 30.1 Å². The quantitative estimate of drug-likeness (QED) is 0.367. The summed E-state index contributed by atoms with van der Waals surface area (Å²) < 4.78 is 0. The Balaban J connectivity index is 0.000000109. The van der Waals surface area contributed by atoms with Crippen LogP contribution in [0, 0.1) is 0 Å². The predicted octanol–water partition coefficient (Wildman–Crippen LogP) is 4.89. The Morgan fingerprint density at radius 3 is 1.73 bits per heavy atom. The van der Waals surface area contributed by atoms with Gasteiger partial charge in [-0.15, -0.1) is 0 Å². The number of aromatic nitrogens is 6. The van der Waals surface area contributed by atoms with Crippen LogP contribution in [0.15, 0.2) is 110 Å². The van der Waals surface area contributed by atoms with Gasteiger partial charge in [0.05, 0.1) is 28.3 Å². The van der Waals surface area contributed by atoms with Crippen LogP contribution in [-0.2, 0) is 0 Å². The van der Waals surface area contributed by atoms with E-state index in [1.165, 1.54) is 0 Å². The third-order valence-corrected chi connectivity index (χ3v) is 4.21. The smallest absolute Gasteiger partial charge is 0.116 e. The first kappa shape index (κ1) is 19.0. The Labute approximate surface area is 173 Å². The van der Waals surface area contributed by atoms with Gasteiger partial charge in [-0.3, -0.25) is 9.97 Å². The summed E-state index contributed by atoms with van der Waals surface area (Å²) in [5, 5.41) is 9.92. The maximum absolute atomic E-state index is 4.12. The highest BCUT2D eigenvalue weighted by molar-refractivity contribution is 5.77. The number of benzene rings is 3. The van der Waals surface area contributed by atoms with Gasteiger partial charge in [0.15, 0.2) is 0 Å². The van der Waals surface area contributed by atoms with Crippen LogP contribution in [0.4, 0.5) is 0 Å². The van der Waals surface area contributed by atoms with Crippen molar-refractivity contribution >= 4 is 32.8 Å². The number of rotatable bonds is 0. The van der Waals surface area contributed by atoms with E-state index in [1.54, 1.807) is 24.9 Å². The second kappa shape index (κ2) is 9.75. The molecule has 144 valence electrons. The van der Waals surface area contributed by atoms with E-state index in [0.29, 0.717) is 0 Å². The van der Waals surface area contributed by atoms with Gasteiger partial charge >= 0.3 is 0 Å². The molecular weight excluding hydrogens is 372 g/mol. The summed E-state index contributed by atoms with van der Waals surface area (Å²) in [6, 6.07) is 25.6. The number of hydrogen-bond donors (Lipinski definition) is 0. The highest BCUT2D eigenvalue weighted by Gasteiger charge is 1.89. The molecule has 6 nitrogen and oxygen atoms in total. The predicted molar refractivity (Wildman–Crippen MR) is 119 cm³/mol. The van der Waals surface area contributed by atoms with Crippen LogP contribution in [0.25, 0.3) is 32.8 Å². The van der Waals surface area contributed by atoms with Gasteiger partial charge in [0.1, 0.15) is 6.33 Å². The van der Waals surface area contributed by atoms with Gasteiger partial charge in [-0.05, 0) is 30.3 Å². The van der Waals surface area contributed by atoms with E-state index in [1.807, 2.05) is 85.1 Å². The maximum Gasteiger partial charge on any atom is 0.116 e. The summed E-state index contributed by atoms with van der Waals surface area (Å²) >= 11 is 0. The molecule has 0 spiro atoms. The Hall–Kier alpha value is -4.32. The van der Waals surface area contributed by atoms with Gasteiger partial charge in [-0.2, -0.15) is 10.2 Å². The zero-order valence-electron chi connectivity index (χ0n) is 16.1. The van der Waals surface area contributed by atoms with Crippen molar-refractivity contribution in [2.75, 3.05) is 0 Å². The van der Waals surface area contributed by atoms with Crippen LogP contribution in [0.1, 0.15) is 0 Å². The summed E-state index contributed by atoms with van der Waals surface area (Å²) in [5.74, 6) is 0. The Bertz CT molecular complexity index is 1000. The van der Waals surface area contributed by atoms with E-state index < -0.39 is 0 Å². The lowest BCUT2D eigenvalue weighted by atomic mass is 10.2. The summed E-state index contributed by atoms with van der Waals surface area (Å²) in [4.78, 5) is 16.2. The van der Waals surface area contributed by atoms with Crippen LogP contribution in [0.5, 0.6) is 0 Å². The highest BCUT2D eigenvalue weighted by Crippen LogP contribution is 2.07. The van der Waals surface area contributed by atoms with Gasteiger partial charge in [0.2, 0.25) is 0 Å². The van der Waals surface area contributed by atoms with Crippen LogP contribution >= 0.6 is 0 Å². The molecule has 0 amide bonds. The Morgan fingerprint density at radius 1 is 0.467 bits per heavy atom. The fourth-order valence-corrected chi connectivity index (χ4v) is 2.76. The van der Waals surface area contributed by atoms with Crippen molar-refractivity contribution in [2.24, 2.45) is 0 Å². The van der Waals surface area contributed by atoms with E-state index >= 15 is 0 Å². The van der Waals surface area contributed by atoms with Crippen LogP contribution < -0.4 is 0 Å². The number of nitrogens with zero attached hydrogens (tertiary/aromatic N) is 6. The second-order valence-corrected chi connectivity index (χ2v) is 6.22. The molecule has 0 aliphatic rings. The lowest BCUT2D eigenvalue weighted by Crippen LogP contribution is -1.79. The second-order valence-electron chi connectivity index (χ2n) is 6.22. The van der Waals surface area contributed by atoms with Crippen molar-refractivity contribution in [3.05, 3.63) is 110 Å². The van der Waals surface area contributed by atoms with Gasteiger partial charge < -0.3 is 0 Å². The van der Waals surface area contributed by atoms with Gasteiger partial charge in [-0.1, -0.05) is 48.5 Å². The van der Waals surface area contributed by atoms with Crippen LogP contribution in [0.3, 0.4) is 0 Å². The molecule has 0 fully saturated rings. The third kappa shape index (κ3) is 4.94. The molecule has 0 radical (unpaired) electrons. The first-order chi connectivity index (χ1) is 14.9. The van der Waals surface area contributed by atoms with Gasteiger partial charge in [-0.25, -0.2) is 9.97 Å². The Morgan fingerprint density at radius 2 is 1.07 bits per heavy atom. The third-order valence-electron chi connectivity index (χ3n) is 4.21. The minimum absolute atomic E-state index is 0.949. The van der Waals surface area contributed by atoms with Crippen LogP contribution in [0.2, 0.25) is 0 Å². The fraction of sp³-hybridized carbons (Fsp3) is 0. The molecule has 0 bridgehead atoms. The normalized spacial score (nSPS) is 10.0. The standard InChI is InChI=1S/3C8H6N2/c1-2-4-8-7(3-1)5-9-6-10-8;1-2-4-8-7(3-1)9-5-6-10-8;1-2-4-8-7(3-1)5-6-9-10-8/h3*1-6H. The van der Waals surface area contributed by atoms with E-state index in [2.05, 4.69) is 30.1 Å². The molecule has 3 heterocycles. The van der Waals surface area contributed by atoms with Crippen molar-refractivity contribution in [3.63, 3.8) is 0 Å². The van der Waals surface area contributed by atoms with Gasteiger partial charge in [0, 0.05) is 29.4 Å². The zero-order chi connectivity index (χ0) is 20.4. The van der Waals surface area contributed by atoms with E-state index in [9.17, 15) is 0 Å². The van der Waals surface area contributed by atoms with Crippen molar-refractivity contribution in [1.82, 2.24) is 30.1 Å². The molecule has 3 aromatic heterocycles. The van der Waals surface area contributed by atoms with Crippen molar-refractivity contribution in [1.29, 1.82) is 0 Å². The summed E-state index contributed by atoms with van der Waals surface area (Å²) in [7, 11) is 0. The van der Waals surface area contributed by atoms with E-state index in [-0.39, 0.29) is 0 Å². The minimum atomic E-state index is 0.949. The molecule has 3 aromatic carbocycles. The topological polar surface area (TPSA) is 77.3 Å². The first-order valence-corrected chi connectivity index (χ1v) is 9.37. The molecule has 0 aliphatic heterocycles. The summed E-state index contributed by atoms with van der Waals surface area (Å²) in [6.07, 6.45) is 8.46. The summed E-state index contributed by atoms with van der Waals surface area (Å²) in [6.45, 7) is 0. The fourth-order valence-electron chi connectivity index (χ4n) is 2.76. The molecule has 0 atom stereocenters. The molecule has 30 heavy (non-hydrogen) atoms. The molecule has 6 heteroatoms. The minimum Gasteiger partial charge on any atom is -0.253 e. The highest BCUT2D eigenvalue weighted by atomic mass is 15.1. The first-order valence-electron chi connectivity index (χ1n) is 9.37. The molecule has 0 saturated carbocycles. The van der Waals surface area contributed by atoms with E-state index in [0.717, 1.165) is 32.8 Å². The molecule has 0 N–H and O–H groups in total. The van der Waals surface area contributed by atoms with Crippen molar-refractivity contribution < 1.29 is 0 Å². The largest absolute Gasteiger partial charge is 0.253 e. The maximum atomic E-state index is 4.12. The molecular formula is C24H18N6. The SMILES string of the molecule is c1ccc2nccnc2c1.c1ccc2ncncc2c1.c1ccc2nnccc2c1. The molecule has 0 saturated heterocycles. The number of hydrogen-bond acceptors (Lipinski definition) is 6. The lowest BCUT2D eigenvalue weighted by Gasteiger charge is -1.90. The lowest BCUT2D eigenvalue weighted by molar-refractivity contribution is 1.08. The van der Waals surface area contributed by atoms with E-state index in [4.69, 9.17) is 0 Å². The zero-order valence-corrected chi connectivity index (χ0v) is 16.1. The van der Waals surface area contributed by atoms with Crippen molar-refractivity contribution in [3.8, 4) is 0 Å². The molecule has 0 unspecified atom stereocenters. The van der Waals surface area contributed by atoms with Gasteiger partial charge in [0.25, 0.3) is 0 Å². The number of fused-ring (bicyclic) bond motifs is 3. The number of para-hydroxylation sites is 3. The van der Waals surface area contributed by atoms with Crippen molar-refractivity contribution in [2.45, 2.75) is 0 Å². The average molecular weight is 390 g/mol. The monoisotopic (exact) mass is 390 g/mol.